The van der Waals surface area contributed by atoms with Crippen molar-refractivity contribution in [3.8, 4) is 0 Å². The summed E-state index contributed by atoms with van der Waals surface area (Å²) in [5.74, 6) is 0. The van der Waals surface area contributed by atoms with E-state index in [1.807, 2.05) is 26.0 Å². The highest BCUT2D eigenvalue weighted by Crippen LogP contribution is 2.23. The van der Waals surface area contributed by atoms with Gasteiger partial charge in [-0.15, -0.1) is 0 Å². The van der Waals surface area contributed by atoms with Crippen LogP contribution in [0.2, 0.25) is 0 Å². The summed E-state index contributed by atoms with van der Waals surface area (Å²) in [6, 6.07) is 6.85. The summed E-state index contributed by atoms with van der Waals surface area (Å²) in [5, 5.41) is 5.95. The van der Waals surface area contributed by atoms with Crippen LogP contribution in [0.15, 0.2) is 18.2 Å². The molecule has 1 heterocycles. The van der Waals surface area contributed by atoms with Gasteiger partial charge >= 0.3 is 6.03 Å². The van der Waals surface area contributed by atoms with E-state index in [1.54, 1.807) is 0 Å². The standard InChI is InChI=1S/C22H36N4O/c1-18-9-10-19(2)21(17-18)24-22(27)23-11-6-12-25-13-15-26(16-14-25)20-7-4-3-5-8-20/h9-10,17,20H,3-8,11-16H2,1-2H3,(H2,23,24,27). The Bertz CT molecular complexity index is 604. The fourth-order valence-corrected chi connectivity index (χ4v) is 4.34. The molecule has 0 aromatic heterocycles. The van der Waals surface area contributed by atoms with Gasteiger partial charge in [-0.2, -0.15) is 0 Å². The zero-order valence-electron chi connectivity index (χ0n) is 17.1. The summed E-state index contributed by atoms with van der Waals surface area (Å²) >= 11 is 0. The zero-order chi connectivity index (χ0) is 19.1. The van der Waals surface area contributed by atoms with Crippen LogP contribution in [-0.2, 0) is 0 Å². The first kappa shape index (κ1) is 20.2. The van der Waals surface area contributed by atoms with Crippen molar-refractivity contribution >= 4 is 11.7 Å². The fourth-order valence-electron chi connectivity index (χ4n) is 4.34. The van der Waals surface area contributed by atoms with Crippen molar-refractivity contribution in [3.05, 3.63) is 29.3 Å². The number of carbonyl (C=O) groups excluding carboxylic acids is 1. The Hall–Kier alpha value is -1.59. The van der Waals surface area contributed by atoms with Crippen molar-refractivity contribution in [2.24, 2.45) is 0 Å². The van der Waals surface area contributed by atoms with Crippen LogP contribution in [0.4, 0.5) is 10.5 Å². The molecule has 1 aromatic carbocycles. The molecule has 1 saturated carbocycles. The van der Waals surface area contributed by atoms with Gasteiger partial charge in [0.25, 0.3) is 0 Å². The molecule has 2 amide bonds. The SMILES string of the molecule is Cc1ccc(C)c(NC(=O)NCCCN2CCN(C3CCCCC3)CC2)c1. The topological polar surface area (TPSA) is 47.6 Å². The predicted octanol–water partition coefficient (Wildman–Crippen LogP) is 3.77. The van der Waals surface area contributed by atoms with Crippen LogP contribution in [0, 0.1) is 13.8 Å². The average molecular weight is 373 g/mol. The van der Waals surface area contributed by atoms with Gasteiger partial charge in [-0.25, -0.2) is 4.79 Å². The molecule has 0 unspecified atom stereocenters. The maximum Gasteiger partial charge on any atom is 0.319 e. The van der Waals surface area contributed by atoms with Gasteiger partial charge in [0, 0.05) is 44.5 Å². The average Bonchev–Trinajstić information content (AvgIpc) is 2.69. The normalized spacial score (nSPS) is 19.8. The Morgan fingerprint density at radius 2 is 1.81 bits per heavy atom. The van der Waals surface area contributed by atoms with E-state index in [1.165, 1.54) is 58.3 Å². The van der Waals surface area contributed by atoms with Gasteiger partial charge in [0.1, 0.15) is 0 Å². The highest BCUT2D eigenvalue weighted by Gasteiger charge is 2.24. The van der Waals surface area contributed by atoms with Gasteiger partial charge in [-0.05, 0) is 56.8 Å². The maximum absolute atomic E-state index is 12.1. The van der Waals surface area contributed by atoms with Crippen LogP contribution in [-0.4, -0.2) is 61.1 Å². The van der Waals surface area contributed by atoms with Gasteiger partial charge in [-0.1, -0.05) is 31.4 Å². The maximum atomic E-state index is 12.1. The summed E-state index contributed by atoms with van der Waals surface area (Å²) in [6.07, 6.45) is 8.07. The van der Waals surface area contributed by atoms with Crippen LogP contribution < -0.4 is 10.6 Å². The molecule has 2 N–H and O–H groups in total. The number of piperazine rings is 1. The molecule has 1 saturated heterocycles. The van der Waals surface area contributed by atoms with Gasteiger partial charge in [-0.3, -0.25) is 4.90 Å². The van der Waals surface area contributed by atoms with E-state index in [0.29, 0.717) is 0 Å². The Balaban J connectivity index is 1.29. The van der Waals surface area contributed by atoms with Gasteiger partial charge < -0.3 is 15.5 Å². The molecule has 0 spiro atoms. The second-order valence-electron chi connectivity index (χ2n) is 8.22. The summed E-state index contributed by atoms with van der Waals surface area (Å²) < 4.78 is 0. The predicted molar refractivity (Wildman–Crippen MR) is 112 cm³/mol. The first-order chi connectivity index (χ1) is 13.1. The highest BCUT2D eigenvalue weighted by molar-refractivity contribution is 5.90. The first-order valence-corrected chi connectivity index (χ1v) is 10.7. The summed E-state index contributed by atoms with van der Waals surface area (Å²) in [5.41, 5.74) is 3.14. The first-order valence-electron chi connectivity index (χ1n) is 10.7. The molecular formula is C22H36N4O. The van der Waals surface area contributed by atoms with Crippen molar-refractivity contribution in [2.75, 3.05) is 44.6 Å². The Labute approximate surface area is 164 Å². The van der Waals surface area contributed by atoms with E-state index < -0.39 is 0 Å². The second kappa shape index (κ2) is 10.1. The molecule has 2 fully saturated rings. The van der Waals surface area contributed by atoms with Crippen LogP contribution in [0.25, 0.3) is 0 Å². The lowest BCUT2D eigenvalue weighted by Crippen LogP contribution is -2.51. The van der Waals surface area contributed by atoms with E-state index in [-0.39, 0.29) is 6.03 Å². The molecule has 1 aromatic rings. The van der Waals surface area contributed by atoms with Crippen molar-refractivity contribution < 1.29 is 4.79 Å². The molecule has 1 aliphatic carbocycles. The second-order valence-corrected chi connectivity index (χ2v) is 8.22. The van der Waals surface area contributed by atoms with Crippen molar-refractivity contribution in [1.29, 1.82) is 0 Å². The summed E-state index contributed by atoms with van der Waals surface area (Å²) in [4.78, 5) is 17.4. The molecule has 5 nitrogen and oxygen atoms in total. The molecule has 3 rings (SSSR count). The van der Waals surface area contributed by atoms with E-state index >= 15 is 0 Å². The number of aryl methyl sites for hydroxylation is 2. The minimum absolute atomic E-state index is 0.106. The molecule has 0 atom stereocenters. The number of nitrogens with zero attached hydrogens (tertiary/aromatic N) is 2. The third kappa shape index (κ3) is 6.22. The van der Waals surface area contributed by atoms with E-state index in [9.17, 15) is 4.79 Å². The lowest BCUT2D eigenvalue weighted by Gasteiger charge is -2.40. The van der Waals surface area contributed by atoms with Crippen molar-refractivity contribution in [1.82, 2.24) is 15.1 Å². The summed E-state index contributed by atoms with van der Waals surface area (Å²) in [6.45, 7) is 10.6. The van der Waals surface area contributed by atoms with Gasteiger partial charge in [0.15, 0.2) is 0 Å². The van der Waals surface area contributed by atoms with Gasteiger partial charge in [0.2, 0.25) is 0 Å². The van der Waals surface area contributed by atoms with E-state index in [0.717, 1.165) is 42.4 Å². The molecular weight excluding hydrogens is 336 g/mol. The smallest absolute Gasteiger partial charge is 0.319 e. The Kier molecular flexibility index (Phi) is 7.53. The minimum Gasteiger partial charge on any atom is -0.338 e. The quantitative estimate of drug-likeness (QED) is 0.748. The minimum atomic E-state index is -0.106. The number of hydrogen-bond acceptors (Lipinski definition) is 3. The molecule has 27 heavy (non-hydrogen) atoms. The Morgan fingerprint density at radius 1 is 1.07 bits per heavy atom. The van der Waals surface area contributed by atoms with Crippen LogP contribution >= 0.6 is 0 Å². The number of nitrogens with one attached hydrogen (secondary N) is 2. The third-order valence-electron chi connectivity index (χ3n) is 6.08. The fraction of sp³-hybridized carbons (Fsp3) is 0.682. The summed E-state index contributed by atoms with van der Waals surface area (Å²) in [7, 11) is 0. The number of hydrogen-bond donors (Lipinski definition) is 2. The van der Waals surface area contributed by atoms with Crippen LogP contribution in [0.1, 0.15) is 49.7 Å². The number of anilines is 1. The van der Waals surface area contributed by atoms with E-state index in [4.69, 9.17) is 0 Å². The third-order valence-corrected chi connectivity index (χ3v) is 6.08. The molecule has 150 valence electrons. The monoisotopic (exact) mass is 372 g/mol. The van der Waals surface area contributed by atoms with Gasteiger partial charge in [0.05, 0.1) is 0 Å². The molecule has 2 aliphatic rings. The number of benzene rings is 1. The number of amides is 2. The van der Waals surface area contributed by atoms with Crippen LogP contribution in [0.3, 0.4) is 0 Å². The molecule has 0 radical (unpaired) electrons. The number of urea groups is 1. The van der Waals surface area contributed by atoms with Crippen molar-refractivity contribution in [3.63, 3.8) is 0 Å². The zero-order valence-corrected chi connectivity index (χ0v) is 17.1. The highest BCUT2D eigenvalue weighted by atomic mass is 16.2. The van der Waals surface area contributed by atoms with Crippen molar-refractivity contribution in [2.45, 2.75) is 58.4 Å². The number of carbonyl (C=O) groups is 1. The van der Waals surface area contributed by atoms with Crippen LogP contribution in [0.5, 0.6) is 0 Å². The van der Waals surface area contributed by atoms with E-state index in [2.05, 4.69) is 26.5 Å². The largest absolute Gasteiger partial charge is 0.338 e. The Morgan fingerprint density at radius 3 is 2.56 bits per heavy atom. The molecule has 1 aliphatic heterocycles. The lowest BCUT2D eigenvalue weighted by atomic mass is 9.94. The molecule has 5 heteroatoms. The molecule has 0 bridgehead atoms. The number of rotatable bonds is 6. The lowest BCUT2D eigenvalue weighted by molar-refractivity contribution is 0.0786.